The number of likely N-dealkylation sites (tertiary alicyclic amines) is 1. The third-order valence-electron chi connectivity index (χ3n) is 4.12. The van der Waals surface area contributed by atoms with Crippen molar-refractivity contribution in [2.75, 3.05) is 19.3 Å². The maximum atomic E-state index is 12.7. The van der Waals surface area contributed by atoms with Crippen LogP contribution in [-0.2, 0) is 0 Å². The summed E-state index contributed by atoms with van der Waals surface area (Å²) in [5, 5.41) is 11.2. The Hall–Kier alpha value is -1.31. The summed E-state index contributed by atoms with van der Waals surface area (Å²) in [6.07, 6.45) is 3.75. The number of nitro groups is 1. The molecule has 1 aliphatic heterocycles. The summed E-state index contributed by atoms with van der Waals surface area (Å²) in [4.78, 5) is 26.0. The molecule has 0 radical (unpaired) electrons. The molecule has 0 aliphatic carbocycles. The van der Waals surface area contributed by atoms with Crippen LogP contribution in [0.1, 0.15) is 30.1 Å². The van der Waals surface area contributed by atoms with Gasteiger partial charge in [-0.2, -0.15) is 0 Å². The van der Waals surface area contributed by atoms with Gasteiger partial charge in [-0.25, -0.2) is 0 Å². The lowest BCUT2D eigenvalue weighted by Gasteiger charge is -2.34. The van der Waals surface area contributed by atoms with E-state index in [0.29, 0.717) is 13.1 Å². The Kier molecular flexibility index (Phi) is 7.31. The van der Waals surface area contributed by atoms with Gasteiger partial charge in [0.1, 0.15) is 5.56 Å². The van der Waals surface area contributed by atoms with E-state index >= 15 is 0 Å². The highest BCUT2D eigenvalue weighted by Gasteiger charge is 2.30. The van der Waals surface area contributed by atoms with E-state index in [1.165, 1.54) is 17.8 Å². The van der Waals surface area contributed by atoms with Crippen molar-refractivity contribution >= 4 is 35.8 Å². The van der Waals surface area contributed by atoms with E-state index in [1.807, 2.05) is 13.2 Å². The molecule has 1 aliphatic rings. The van der Waals surface area contributed by atoms with Crippen LogP contribution in [0.3, 0.4) is 0 Å². The number of nitro benzene ring substituents is 1. The smallest absolute Gasteiger partial charge is 0.282 e. The molecule has 6 nitrogen and oxygen atoms in total. The molecule has 1 fully saturated rings. The van der Waals surface area contributed by atoms with Crippen molar-refractivity contribution in [2.24, 2.45) is 11.7 Å². The Bertz CT molecular complexity index is 583. The lowest BCUT2D eigenvalue weighted by Crippen LogP contribution is -2.45. The molecule has 2 rings (SSSR count). The van der Waals surface area contributed by atoms with E-state index in [0.717, 1.165) is 17.7 Å². The first-order valence-corrected chi connectivity index (χ1v) is 8.53. The molecule has 1 aromatic rings. The highest BCUT2D eigenvalue weighted by Crippen LogP contribution is 2.28. The second kappa shape index (κ2) is 8.52. The van der Waals surface area contributed by atoms with Gasteiger partial charge in [-0.15, -0.1) is 24.2 Å². The topological polar surface area (TPSA) is 89.5 Å². The van der Waals surface area contributed by atoms with E-state index in [9.17, 15) is 14.9 Å². The van der Waals surface area contributed by atoms with Gasteiger partial charge in [0, 0.05) is 30.1 Å². The van der Waals surface area contributed by atoms with Gasteiger partial charge in [-0.3, -0.25) is 14.9 Å². The number of carbonyl (C=O) groups is 1. The van der Waals surface area contributed by atoms with Crippen molar-refractivity contribution in [3.8, 4) is 0 Å². The summed E-state index contributed by atoms with van der Waals surface area (Å²) in [5.41, 5.74) is 5.98. The van der Waals surface area contributed by atoms with Crippen molar-refractivity contribution in [3.05, 3.63) is 33.9 Å². The SMILES string of the molecule is CSc1ccc([N+](=O)[O-])c(C(=O)N2CCCC(C(C)N)C2)c1.Cl. The summed E-state index contributed by atoms with van der Waals surface area (Å²) in [6.45, 7) is 3.13. The molecule has 2 atom stereocenters. The van der Waals surface area contributed by atoms with Gasteiger partial charge in [0.05, 0.1) is 4.92 Å². The van der Waals surface area contributed by atoms with Gasteiger partial charge >= 0.3 is 0 Å². The van der Waals surface area contributed by atoms with Crippen molar-refractivity contribution in [1.82, 2.24) is 4.90 Å². The monoisotopic (exact) mass is 359 g/mol. The lowest BCUT2D eigenvalue weighted by atomic mass is 9.92. The summed E-state index contributed by atoms with van der Waals surface area (Å²) < 4.78 is 0. The minimum atomic E-state index is -0.496. The number of thioether (sulfide) groups is 1. The first-order valence-electron chi connectivity index (χ1n) is 7.31. The third kappa shape index (κ3) is 4.59. The molecule has 2 unspecified atom stereocenters. The molecule has 1 saturated heterocycles. The molecule has 1 amide bonds. The van der Waals surface area contributed by atoms with Gasteiger partial charge < -0.3 is 10.6 Å². The first kappa shape index (κ1) is 19.7. The standard InChI is InChI=1S/C15H21N3O3S.ClH/c1-10(16)11-4-3-7-17(9-11)15(19)13-8-12(22-2)5-6-14(13)18(20)21;/h5-6,8,10-11H,3-4,7,9,16H2,1-2H3;1H. The van der Waals surface area contributed by atoms with E-state index in [1.54, 1.807) is 17.0 Å². The Morgan fingerprint density at radius 2 is 2.22 bits per heavy atom. The number of rotatable bonds is 4. The second-order valence-corrected chi connectivity index (χ2v) is 6.53. The van der Waals surface area contributed by atoms with Crippen LogP contribution < -0.4 is 5.73 Å². The summed E-state index contributed by atoms with van der Waals surface area (Å²) in [6, 6.07) is 4.70. The molecule has 0 bridgehead atoms. The normalized spacial score (nSPS) is 18.9. The molecule has 23 heavy (non-hydrogen) atoms. The van der Waals surface area contributed by atoms with E-state index in [2.05, 4.69) is 0 Å². The Morgan fingerprint density at radius 3 is 2.78 bits per heavy atom. The molecule has 1 heterocycles. The van der Waals surface area contributed by atoms with Crippen LogP contribution in [0.4, 0.5) is 5.69 Å². The van der Waals surface area contributed by atoms with Crippen molar-refractivity contribution < 1.29 is 9.72 Å². The van der Waals surface area contributed by atoms with Gasteiger partial charge in [0.2, 0.25) is 0 Å². The van der Waals surface area contributed by atoms with Crippen LogP contribution in [0.5, 0.6) is 0 Å². The zero-order chi connectivity index (χ0) is 16.3. The van der Waals surface area contributed by atoms with Crippen LogP contribution in [0.15, 0.2) is 23.1 Å². The van der Waals surface area contributed by atoms with Crippen molar-refractivity contribution in [3.63, 3.8) is 0 Å². The molecular formula is C15H22ClN3O3S. The van der Waals surface area contributed by atoms with Gasteiger partial charge in [0.15, 0.2) is 0 Å². The number of nitrogens with zero attached hydrogens (tertiary/aromatic N) is 2. The number of benzene rings is 1. The van der Waals surface area contributed by atoms with Gasteiger partial charge in [0.25, 0.3) is 11.6 Å². The van der Waals surface area contributed by atoms with Crippen molar-refractivity contribution in [2.45, 2.75) is 30.7 Å². The van der Waals surface area contributed by atoms with Crippen molar-refractivity contribution in [1.29, 1.82) is 0 Å². The molecule has 2 N–H and O–H groups in total. The quantitative estimate of drug-likeness (QED) is 0.507. The highest BCUT2D eigenvalue weighted by molar-refractivity contribution is 7.98. The number of piperidine rings is 1. The van der Waals surface area contributed by atoms with Crippen LogP contribution in [0.2, 0.25) is 0 Å². The molecule has 0 saturated carbocycles. The predicted molar refractivity (Wildman–Crippen MR) is 94.4 cm³/mol. The summed E-state index contributed by atoms with van der Waals surface area (Å²) in [7, 11) is 0. The zero-order valence-corrected chi connectivity index (χ0v) is 14.9. The first-order chi connectivity index (χ1) is 10.4. The maximum Gasteiger partial charge on any atom is 0.282 e. The minimum absolute atomic E-state index is 0. The Labute approximate surface area is 146 Å². The molecule has 0 spiro atoms. The zero-order valence-electron chi connectivity index (χ0n) is 13.2. The molecule has 0 aromatic heterocycles. The molecule has 128 valence electrons. The van der Waals surface area contributed by atoms with Gasteiger partial charge in [-0.1, -0.05) is 0 Å². The fraction of sp³-hybridized carbons (Fsp3) is 0.533. The number of hydrogen-bond donors (Lipinski definition) is 1. The number of carbonyl (C=O) groups excluding carboxylic acids is 1. The van der Waals surface area contributed by atoms with Crippen LogP contribution in [0.25, 0.3) is 0 Å². The molecular weight excluding hydrogens is 338 g/mol. The number of hydrogen-bond acceptors (Lipinski definition) is 5. The number of nitrogens with two attached hydrogens (primary N) is 1. The lowest BCUT2D eigenvalue weighted by molar-refractivity contribution is -0.385. The van der Waals surface area contributed by atoms with E-state index in [4.69, 9.17) is 5.73 Å². The van der Waals surface area contributed by atoms with Crippen LogP contribution >= 0.6 is 24.2 Å². The fourth-order valence-electron chi connectivity index (χ4n) is 2.77. The third-order valence-corrected chi connectivity index (χ3v) is 4.84. The van der Waals surface area contributed by atoms with E-state index in [-0.39, 0.29) is 41.5 Å². The number of amides is 1. The second-order valence-electron chi connectivity index (χ2n) is 5.65. The Balaban J connectivity index is 0.00000264. The predicted octanol–water partition coefficient (Wildman–Crippen LogP) is 2.94. The Morgan fingerprint density at radius 1 is 1.52 bits per heavy atom. The average Bonchev–Trinajstić information content (AvgIpc) is 2.53. The van der Waals surface area contributed by atoms with Crippen LogP contribution in [0, 0.1) is 16.0 Å². The minimum Gasteiger partial charge on any atom is -0.338 e. The number of halogens is 1. The van der Waals surface area contributed by atoms with Crippen LogP contribution in [-0.4, -0.2) is 41.1 Å². The highest BCUT2D eigenvalue weighted by atomic mass is 35.5. The maximum absolute atomic E-state index is 12.7. The average molecular weight is 360 g/mol. The summed E-state index contributed by atoms with van der Waals surface area (Å²) >= 11 is 1.46. The molecule has 8 heteroatoms. The fourth-order valence-corrected chi connectivity index (χ4v) is 3.21. The summed E-state index contributed by atoms with van der Waals surface area (Å²) in [5.74, 6) is -0.0200. The molecule has 1 aromatic carbocycles. The van der Waals surface area contributed by atoms with Gasteiger partial charge in [-0.05, 0) is 44.1 Å². The largest absolute Gasteiger partial charge is 0.338 e. The van der Waals surface area contributed by atoms with E-state index < -0.39 is 4.92 Å².